The number of benzene rings is 2. The van der Waals surface area contributed by atoms with Gasteiger partial charge >= 0.3 is 0 Å². The zero-order valence-corrected chi connectivity index (χ0v) is 12.0. The summed E-state index contributed by atoms with van der Waals surface area (Å²) in [5.74, 6) is -0.251. The number of aryl methyl sites for hydroxylation is 1. The van der Waals surface area contributed by atoms with Gasteiger partial charge in [0.1, 0.15) is 5.82 Å². The average molecular weight is 285 g/mol. The Labute approximate surface area is 124 Å². The van der Waals surface area contributed by atoms with Crippen molar-refractivity contribution in [2.75, 3.05) is 6.54 Å². The van der Waals surface area contributed by atoms with E-state index in [0.717, 1.165) is 24.8 Å². The smallest absolute Gasteiger partial charge is 0.123 e. The summed E-state index contributed by atoms with van der Waals surface area (Å²) in [6.45, 7) is 0.349. The van der Waals surface area contributed by atoms with Gasteiger partial charge in [-0.05, 0) is 48.1 Å². The van der Waals surface area contributed by atoms with Crippen LogP contribution >= 0.6 is 0 Å². The van der Waals surface area contributed by atoms with Gasteiger partial charge in [0.15, 0.2) is 0 Å². The Hall–Kier alpha value is -1.71. The molecule has 0 saturated heterocycles. The van der Waals surface area contributed by atoms with Gasteiger partial charge in [-0.25, -0.2) is 4.39 Å². The summed E-state index contributed by atoms with van der Waals surface area (Å²) in [4.78, 5) is 0. The first kappa shape index (κ1) is 14.2. The zero-order valence-electron chi connectivity index (χ0n) is 12.0. The van der Waals surface area contributed by atoms with Crippen LogP contribution in [0.5, 0.6) is 0 Å². The molecule has 0 fully saturated rings. The molecule has 0 radical (unpaired) electrons. The second kappa shape index (κ2) is 6.37. The van der Waals surface area contributed by atoms with Crippen LogP contribution in [0.25, 0.3) is 0 Å². The van der Waals surface area contributed by atoms with E-state index < -0.39 is 0 Å². The molecule has 3 heteroatoms. The largest absolute Gasteiger partial charge is 0.364 e. The maximum atomic E-state index is 13.4. The number of ether oxygens (including phenoxy) is 1. The van der Waals surface area contributed by atoms with Crippen LogP contribution in [-0.2, 0) is 11.2 Å². The Morgan fingerprint density at radius 2 is 2.05 bits per heavy atom. The number of rotatable bonds is 4. The molecule has 2 N–H and O–H groups in total. The molecule has 0 aliphatic heterocycles. The van der Waals surface area contributed by atoms with Crippen molar-refractivity contribution < 1.29 is 9.13 Å². The number of hydrogen-bond acceptors (Lipinski definition) is 2. The Balaban J connectivity index is 1.82. The molecule has 0 amide bonds. The molecule has 2 unspecified atom stereocenters. The van der Waals surface area contributed by atoms with Crippen LogP contribution in [0.15, 0.2) is 48.5 Å². The molecule has 0 saturated carbocycles. The van der Waals surface area contributed by atoms with Crippen molar-refractivity contribution in [1.82, 2.24) is 0 Å². The monoisotopic (exact) mass is 285 g/mol. The van der Waals surface area contributed by atoms with Gasteiger partial charge in [-0.3, -0.25) is 0 Å². The second-order valence-corrected chi connectivity index (χ2v) is 5.50. The molecule has 2 atom stereocenters. The lowest BCUT2D eigenvalue weighted by molar-refractivity contribution is -0.0193. The van der Waals surface area contributed by atoms with Gasteiger partial charge in [0.2, 0.25) is 0 Å². The van der Waals surface area contributed by atoms with Crippen LogP contribution in [0.1, 0.15) is 41.7 Å². The number of hydrogen-bond donors (Lipinski definition) is 1. The van der Waals surface area contributed by atoms with E-state index in [2.05, 4.69) is 18.2 Å². The summed E-state index contributed by atoms with van der Waals surface area (Å²) in [5, 5.41) is 0. The first-order valence-electron chi connectivity index (χ1n) is 7.46. The highest BCUT2D eigenvalue weighted by Crippen LogP contribution is 2.36. The van der Waals surface area contributed by atoms with Gasteiger partial charge in [-0.2, -0.15) is 0 Å². The lowest BCUT2D eigenvalue weighted by Crippen LogP contribution is -2.21. The summed E-state index contributed by atoms with van der Waals surface area (Å²) in [7, 11) is 0. The third-order valence-electron chi connectivity index (χ3n) is 4.08. The van der Waals surface area contributed by atoms with Gasteiger partial charge in [0.05, 0.1) is 12.2 Å². The fourth-order valence-corrected chi connectivity index (χ4v) is 3.03. The van der Waals surface area contributed by atoms with E-state index in [1.54, 1.807) is 6.07 Å². The van der Waals surface area contributed by atoms with Crippen molar-refractivity contribution in [1.29, 1.82) is 0 Å². The Morgan fingerprint density at radius 1 is 1.19 bits per heavy atom. The van der Waals surface area contributed by atoms with Crippen LogP contribution in [0.4, 0.5) is 4.39 Å². The summed E-state index contributed by atoms with van der Waals surface area (Å²) in [5.41, 5.74) is 9.25. The van der Waals surface area contributed by atoms with Gasteiger partial charge in [-0.1, -0.05) is 36.4 Å². The van der Waals surface area contributed by atoms with Gasteiger partial charge in [0, 0.05) is 6.54 Å². The highest BCUT2D eigenvalue weighted by Gasteiger charge is 2.24. The molecule has 1 aliphatic rings. The molecule has 1 aliphatic carbocycles. The maximum Gasteiger partial charge on any atom is 0.123 e. The molecule has 2 aromatic rings. The Bertz CT molecular complexity index is 614. The molecule has 0 heterocycles. The molecule has 0 aromatic heterocycles. The van der Waals surface area contributed by atoms with Crippen LogP contribution in [0.2, 0.25) is 0 Å². The third-order valence-corrected chi connectivity index (χ3v) is 4.08. The van der Waals surface area contributed by atoms with Crippen molar-refractivity contribution in [3.05, 3.63) is 71.0 Å². The number of halogens is 1. The maximum absolute atomic E-state index is 13.4. The highest BCUT2D eigenvalue weighted by molar-refractivity contribution is 5.31. The molecule has 0 bridgehead atoms. The molecule has 3 rings (SSSR count). The summed E-state index contributed by atoms with van der Waals surface area (Å²) in [6, 6.07) is 14.9. The molecule has 0 spiro atoms. The summed E-state index contributed by atoms with van der Waals surface area (Å²) < 4.78 is 19.6. The quantitative estimate of drug-likeness (QED) is 0.924. The summed E-state index contributed by atoms with van der Waals surface area (Å²) in [6.07, 6.45) is 2.98. The van der Waals surface area contributed by atoms with Crippen LogP contribution in [-0.4, -0.2) is 6.54 Å². The van der Waals surface area contributed by atoms with Crippen LogP contribution in [0, 0.1) is 5.82 Å². The lowest BCUT2D eigenvalue weighted by Gasteiger charge is -2.29. The topological polar surface area (TPSA) is 35.2 Å². The van der Waals surface area contributed by atoms with Crippen molar-refractivity contribution in [3.63, 3.8) is 0 Å². The average Bonchev–Trinajstić information content (AvgIpc) is 2.52. The van der Waals surface area contributed by atoms with E-state index in [9.17, 15) is 4.39 Å². The molecule has 2 aromatic carbocycles. The molecule has 2 nitrogen and oxygen atoms in total. The van der Waals surface area contributed by atoms with Crippen molar-refractivity contribution in [2.45, 2.75) is 31.5 Å². The van der Waals surface area contributed by atoms with E-state index in [0.29, 0.717) is 6.54 Å². The van der Waals surface area contributed by atoms with Crippen molar-refractivity contribution in [2.24, 2.45) is 5.73 Å². The number of nitrogens with two attached hydrogens (primary N) is 1. The predicted octanol–water partition coefficient (Wildman–Crippen LogP) is 3.92. The van der Waals surface area contributed by atoms with Gasteiger partial charge in [0.25, 0.3) is 0 Å². The van der Waals surface area contributed by atoms with E-state index in [1.807, 2.05) is 12.1 Å². The first-order chi connectivity index (χ1) is 10.3. The fourth-order valence-electron chi connectivity index (χ4n) is 3.03. The number of fused-ring (bicyclic) bond motifs is 1. The summed E-state index contributed by atoms with van der Waals surface area (Å²) >= 11 is 0. The van der Waals surface area contributed by atoms with E-state index in [-0.39, 0.29) is 18.0 Å². The van der Waals surface area contributed by atoms with Crippen LogP contribution < -0.4 is 5.73 Å². The molecular weight excluding hydrogens is 265 g/mol. The zero-order chi connectivity index (χ0) is 14.7. The minimum absolute atomic E-state index is 0.0479. The highest BCUT2D eigenvalue weighted by atomic mass is 19.1. The van der Waals surface area contributed by atoms with Crippen LogP contribution in [0.3, 0.4) is 0 Å². The minimum atomic E-state index is -0.267. The Morgan fingerprint density at radius 3 is 2.86 bits per heavy atom. The van der Waals surface area contributed by atoms with E-state index in [1.165, 1.54) is 23.3 Å². The normalized spacial score (nSPS) is 19.0. The standard InChI is InChI=1S/C18H20FNO/c19-15-8-3-7-14(11-15)18(12-20)21-17-10-4-6-13-5-1-2-9-16(13)17/h1-3,5,7-9,11,17-18H,4,6,10,12,20H2. The fraction of sp³-hybridized carbons (Fsp3) is 0.333. The molecule has 110 valence electrons. The molecular formula is C18H20FNO. The minimum Gasteiger partial charge on any atom is -0.364 e. The SMILES string of the molecule is NCC(OC1CCCc2ccccc21)c1cccc(F)c1. The van der Waals surface area contributed by atoms with Gasteiger partial charge < -0.3 is 10.5 Å². The van der Waals surface area contributed by atoms with E-state index in [4.69, 9.17) is 10.5 Å². The Kier molecular flexibility index (Phi) is 4.32. The van der Waals surface area contributed by atoms with Gasteiger partial charge in [-0.15, -0.1) is 0 Å². The predicted molar refractivity (Wildman–Crippen MR) is 81.4 cm³/mol. The molecule has 21 heavy (non-hydrogen) atoms. The second-order valence-electron chi connectivity index (χ2n) is 5.50. The van der Waals surface area contributed by atoms with E-state index >= 15 is 0 Å². The van der Waals surface area contributed by atoms with Crippen molar-refractivity contribution in [3.8, 4) is 0 Å². The first-order valence-corrected chi connectivity index (χ1v) is 7.46. The van der Waals surface area contributed by atoms with Crippen molar-refractivity contribution >= 4 is 0 Å². The third kappa shape index (κ3) is 3.14. The lowest BCUT2D eigenvalue weighted by atomic mass is 9.89.